The summed E-state index contributed by atoms with van der Waals surface area (Å²) >= 11 is 0. The number of benzene rings is 2. The zero-order valence-corrected chi connectivity index (χ0v) is 17.2. The summed E-state index contributed by atoms with van der Waals surface area (Å²) in [6, 6.07) is 13.8. The standard InChI is InChI=1S/C23H28FNO4/c1-23(2,3)29-22(28)25(14-12-19-9-4-5-10-20(19)24)13-11-17-7-6-8-18(15-17)16-21(26)27/h4-10,15H,11-14,16H2,1-3H3,(H,26,27). The minimum atomic E-state index is -0.887. The Labute approximate surface area is 171 Å². The molecule has 0 heterocycles. The summed E-state index contributed by atoms with van der Waals surface area (Å²) in [5.74, 6) is -1.18. The predicted molar refractivity (Wildman–Crippen MR) is 109 cm³/mol. The van der Waals surface area contributed by atoms with Crippen molar-refractivity contribution in [3.05, 3.63) is 71.0 Å². The molecule has 29 heavy (non-hydrogen) atoms. The van der Waals surface area contributed by atoms with Crippen molar-refractivity contribution in [3.63, 3.8) is 0 Å². The average molecular weight is 401 g/mol. The molecule has 0 spiro atoms. The zero-order chi connectivity index (χ0) is 21.4. The predicted octanol–water partition coefficient (Wildman–Crippen LogP) is 4.48. The molecule has 0 radical (unpaired) electrons. The van der Waals surface area contributed by atoms with Crippen molar-refractivity contribution in [3.8, 4) is 0 Å². The number of aliphatic carboxylic acids is 1. The van der Waals surface area contributed by atoms with Crippen LogP contribution in [0, 0.1) is 5.82 Å². The molecule has 0 fully saturated rings. The van der Waals surface area contributed by atoms with Crippen LogP contribution in [0.15, 0.2) is 48.5 Å². The van der Waals surface area contributed by atoms with E-state index in [0.29, 0.717) is 37.1 Å². The molecule has 0 saturated heterocycles. The van der Waals surface area contributed by atoms with Gasteiger partial charge in [0.15, 0.2) is 0 Å². The summed E-state index contributed by atoms with van der Waals surface area (Å²) in [6.45, 7) is 6.12. The molecule has 0 aromatic heterocycles. The molecule has 1 N–H and O–H groups in total. The molecule has 1 amide bonds. The summed E-state index contributed by atoms with van der Waals surface area (Å²) in [5, 5.41) is 8.96. The van der Waals surface area contributed by atoms with Crippen molar-refractivity contribution in [2.24, 2.45) is 0 Å². The number of halogens is 1. The Hall–Kier alpha value is -2.89. The molecular formula is C23H28FNO4. The quantitative estimate of drug-likeness (QED) is 0.708. The van der Waals surface area contributed by atoms with Gasteiger partial charge in [-0.25, -0.2) is 9.18 Å². The van der Waals surface area contributed by atoms with Crippen LogP contribution in [-0.4, -0.2) is 40.8 Å². The van der Waals surface area contributed by atoms with Crippen LogP contribution in [0.1, 0.15) is 37.5 Å². The number of amides is 1. The number of nitrogens with zero attached hydrogens (tertiary/aromatic N) is 1. The fourth-order valence-corrected chi connectivity index (χ4v) is 2.91. The highest BCUT2D eigenvalue weighted by Crippen LogP contribution is 2.14. The highest BCUT2D eigenvalue weighted by atomic mass is 19.1. The van der Waals surface area contributed by atoms with Gasteiger partial charge in [-0.05, 0) is 56.4 Å². The van der Waals surface area contributed by atoms with Crippen LogP contribution in [0.5, 0.6) is 0 Å². The third-order valence-corrected chi connectivity index (χ3v) is 4.28. The van der Waals surface area contributed by atoms with Gasteiger partial charge in [0.2, 0.25) is 0 Å². The third kappa shape index (κ3) is 7.94. The summed E-state index contributed by atoms with van der Waals surface area (Å²) in [6.07, 6.45) is 0.432. The van der Waals surface area contributed by atoms with Crippen molar-refractivity contribution in [2.75, 3.05) is 13.1 Å². The first-order valence-electron chi connectivity index (χ1n) is 9.65. The molecule has 0 aliphatic carbocycles. The fraction of sp³-hybridized carbons (Fsp3) is 0.391. The van der Waals surface area contributed by atoms with Crippen LogP contribution >= 0.6 is 0 Å². The van der Waals surface area contributed by atoms with Gasteiger partial charge in [-0.2, -0.15) is 0 Å². The van der Waals surface area contributed by atoms with E-state index < -0.39 is 17.7 Å². The number of carboxylic acid groups (broad SMARTS) is 1. The van der Waals surface area contributed by atoms with Gasteiger partial charge in [0.05, 0.1) is 6.42 Å². The Morgan fingerprint density at radius 3 is 2.31 bits per heavy atom. The largest absolute Gasteiger partial charge is 0.481 e. The molecule has 0 aliphatic rings. The van der Waals surface area contributed by atoms with Crippen molar-refractivity contribution < 1.29 is 23.8 Å². The maximum Gasteiger partial charge on any atom is 0.410 e. The SMILES string of the molecule is CC(C)(C)OC(=O)N(CCc1cccc(CC(=O)O)c1)CCc1ccccc1F. The van der Waals surface area contributed by atoms with E-state index in [9.17, 15) is 14.0 Å². The van der Waals surface area contributed by atoms with Crippen molar-refractivity contribution in [1.29, 1.82) is 0 Å². The topological polar surface area (TPSA) is 66.8 Å². The Kier molecular flexibility index (Phi) is 7.76. The monoisotopic (exact) mass is 401 g/mol. The van der Waals surface area contributed by atoms with Gasteiger partial charge in [0.1, 0.15) is 11.4 Å². The van der Waals surface area contributed by atoms with E-state index in [1.165, 1.54) is 6.07 Å². The lowest BCUT2D eigenvalue weighted by Crippen LogP contribution is -2.39. The van der Waals surface area contributed by atoms with E-state index >= 15 is 0 Å². The number of carbonyl (C=O) groups is 2. The van der Waals surface area contributed by atoms with Crippen molar-refractivity contribution in [2.45, 2.75) is 45.6 Å². The summed E-state index contributed by atoms with van der Waals surface area (Å²) in [7, 11) is 0. The van der Waals surface area contributed by atoms with E-state index in [2.05, 4.69) is 0 Å². The summed E-state index contributed by atoms with van der Waals surface area (Å²) in [5.41, 5.74) is 1.56. The number of ether oxygens (including phenoxy) is 1. The zero-order valence-electron chi connectivity index (χ0n) is 17.2. The lowest BCUT2D eigenvalue weighted by molar-refractivity contribution is -0.136. The second kappa shape index (κ2) is 10.0. The molecule has 2 rings (SSSR count). The summed E-state index contributed by atoms with van der Waals surface area (Å²) < 4.78 is 19.4. The molecule has 2 aromatic rings. The third-order valence-electron chi connectivity index (χ3n) is 4.28. The first-order chi connectivity index (χ1) is 13.6. The van der Waals surface area contributed by atoms with Crippen LogP contribution < -0.4 is 0 Å². The number of hydrogen-bond acceptors (Lipinski definition) is 3. The highest BCUT2D eigenvalue weighted by Gasteiger charge is 2.22. The van der Waals surface area contributed by atoms with Crippen LogP contribution in [-0.2, 0) is 28.8 Å². The van der Waals surface area contributed by atoms with Crippen molar-refractivity contribution >= 4 is 12.1 Å². The van der Waals surface area contributed by atoms with Gasteiger partial charge < -0.3 is 14.7 Å². The van der Waals surface area contributed by atoms with E-state index in [1.54, 1.807) is 49.9 Å². The second-order valence-corrected chi connectivity index (χ2v) is 7.95. The average Bonchev–Trinajstić information content (AvgIpc) is 2.61. The minimum Gasteiger partial charge on any atom is -0.481 e. The Morgan fingerprint density at radius 1 is 1.00 bits per heavy atom. The molecule has 6 heteroatoms. The number of carbonyl (C=O) groups excluding carboxylic acids is 1. The summed E-state index contributed by atoms with van der Waals surface area (Å²) in [4.78, 5) is 25.1. The van der Waals surface area contributed by atoms with Crippen LogP contribution in [0.4, 0.5) is 9.18 Å². The number of rotatable bonds is 8. The fourth-order valence-electron chi connectivity index (χ4n) is 2.91. The minimum absolute atomic E-state index is 0.0447. The maximum absolute atomic E-state index is 13.9. The van der Waals surface area contributed by atoms with Crippen LogP contribution in [0.3, 0.4) is 0 Å². The smallest absolute Gasteiger partial charge is 0.410 e. The van der Waals surface area contributed by atoms with Crippen molar-refractivity contribution in [1.82, 2.24) is 4.90 Å². The van der Waals surface area contributed by atoms with Gasteiger partial charge >= 0.3 is 12.1 Å². The van der Waals surface area contributed by atoms with E-state index in [-0.39, 0.29) is 12.2 Å². The lowest BCUT2D eigenvalue weighted by atomic mass is 10.1. The lowest BCUT2D eigenvalue weighted by Gasteiger charge is -2.27. The molecule has 2 aromatic carbocycles. The van der Waals surface area contributed by atoms with E-state index in [4.69, 9.17) is 9.84 Å². The first-order valence-corrected chi connectivity index (χ1v) is 9.65. The molecule has 0 aliphatic heterocycles. The molecule has 0 unspecified atom stereocenters. The molecule has 5 nitrogen and oxygen atoms in total. The molecule has 156 valence electrons. The highest BCUT2D eigenvalue weighted by molar-refractivity contribution is 5.70. The normalized spacial score (nSPS) is 11.2. The first kappa shape index (κ1) is 22.4. The van der Waals surface area contributed by atoms with Gasteiger partial charge in [-0.15, -0.1) is 0 Å². The molecule has 0 atom stereocenters. The van der Waals surface area contributed by atoms with E-state index in [1.807, 2.05) is 18.2 Å². The second-order valence-electron chi connectivity index (χ2n) is 7.95. The molecule has 0 saturated carbocycles. The number of hydrogen-bond donors (Lipinski definition) is 1. The van der Waals surface area contributed by atoms with Gasteiger partial charge in [0.25, 0.3) is 0 Å². The Balaban J connectivity index is 2.07. The van der Waals surface area contributed by atoms with Gasteiger partial charge in [0, 0.05) is 13.1 Å². The molecular weight excluding hydrogens is 373 g/mol. The van der Waals surface area contributed by atoms with Gasteiger partial charge in [-0.1, -0.05) is 42.5 Å². The maximum atomic E-state index is 13.9. The van der Waals surface area contributed by atoms with Crippen LogP contribution in [0.25, 0.3) is 0 Å². The molecule has 0 bridgehead atoms. The Morgan fingerprint density at radius 2 is 1.66 bits per heavy atom. The van der Waals surface area contributed by atoms with E-state index in [0.717, 1.165) is 5.56 Å². The number of carboxylic acids is 1. The Bertz CT molecular complexity index is 845. The van der Waals surface area contributed by atoms with Gasteiger partial charge in [-0.3, -0.25) is 4.79 Å². The van der Waals surface area contributed by atoms with Crippen LogP contribution in [0.2, 0.25) is 0 Å².